The van der Waals surface area contributed by atoms with Gasteiger partial charge in [0.2, 0.25) is 0 Å². The van der Waals surface area contributed by atoms with Crippen molar-refractivity contribution in [2.75, 3.05) is 13.2 Å². The number of ether oxygens (including phenoxy) is 2. The van der Waals surface area contributed by atoms with Crippen molar-refractivity contribution in [1.82, 2.24) is 0 Å². The number of rotatable bonds is 8. The first-order valence-electron chi connectivity index (χ1n) is 8.64. The second kappa shape index (κ2) is 7.80. The van der Waals surface area contributed by atoms with Gasteiger partial charge >= 0.3 is 11.9 Å². The van der Waals surface area contributed by atoms with E-state index in [-0.39, 0.29) is 0 Å². The molecule has 3 rings (SSSR count). The minimum Gasteiger partial charge on any atom is -0.463 e. The zero-order valence-electron chi connectivity index (χ0n) is 14.5. The summed E-state index contributed by atoms with van der Waals surface area (Å²) < 4.78 is 10.2. The van der Waals surface area contributed by atoms with Crippen molar-refractivity contribution in [3.05, 3.63) is 23.8 Å². The highest BCUT2D eigenvalue weighted by Crippen LogP contribution is 2.57. The molecule has 0 amide bonds. The van der Waals surface area contributed by atoms with Gasteiger partial charge in [0.15, 0.2) is 0 Å². The molecule has 3 aliphatic rings. The maximum Gasteiger partial charge on any atom is 0.331 e. The van der Waals surface area contributed by atoms with Gasteiger partial charge in [-0.05, 0) is 42.1 Å². The summed E-state index contributed by atoms with van der Waals surface area (Å²) in [6, 6.07) is 0. The summed E-state index contributed by atoms with van der Waals surface area (Å²) in [5.74, 6) is 0.344. The third kappa shape index (κ3) is 4.69. The Kier molecular flexibility index (Phi) is 6.03. The molecule has 0 heterocycles. The molecular formula is C19H28O4. The molecule has 2 bridgehead atoms. The van der Waals surface area contributed by atoms with Crippen LogP contribution in [-0.2, 0) is 19.1 Å². The molecular weight excluding hydrogens is 292 g/mol. The Bertz CT molecular complexity index is 501. The largest absolute Gasteiger partial charge is 0.463 e. The Morgan fingerprint density at radius 1 is 1.22 bits per heavy atom. The monoisotopic (exact) mass is 320 g/mol. The maximum absolute atomic E-state index is 11.6. The summed E-state index contributed by atoms with van der Waals surface area (Å²) in [7, 11) is 0. The van der Waals surface area contributed by atoms with Crippen LogP contribution in [0.1, 0.15) is 52.9 Å². The van der Waals surface area contributed by atoms with Crippen molar-refractivity contribution in [2.45, 2.75) is 52.9 Å². The van der Waals surface area contributed by atoms with Crippen LogP contribution in [0.15, 0.2) is 23.8 Å². The van der Waals surface area contributed by atoms with Crippen LogP contribution in [0.3, 0.4) is 0 Å². The lowest BCUT2D eigenvalue weighted by Gasteiger charge is -2.55. The third-order valence-corrected chi connectivity index (χ3v) is 5.24. The fraction of sp³-hybridized carbons (Fsp3) is 0.684. The quantitative estimate of drug-likeness (QED) is 0.295. The second-order valence-corrected chi connectivity index (χ2v) is 7.21. The van der Waals surface area contributed by atoms with E-state index in [1.165, 1.54) is 12.0 Å². The van der Waals surface area contributed by atoms with Crippen LogP contribution in [0.2, 0.25) is 0 Å². The van der Waals surface area contributed by atoms with Gasteiger partial charge in [-0.1, -0.05) is 39.7 Å². The molecule has 23 heavy (non-hydrogen) atoms. The summed E-state index contributed by atoms with van der Waals surface area (Å²) in [5.41, 5.74) is 1.60. The molecule has 0 aromatic carbocycles. The van der Waals surface area contributed by atoms with E-state index in [2.05, 4.69) is 26.8 Å². The molecule has 0 aromatic rings. The highest BCUT2D eigenvalue weighted by Gasteiger charge is 2.49. The fourth-order valence-electron chi connectivity index (χ4n) is 3.38. The van der Waals surface area contributed by atoms with E-state index in [9.17, 15) is 9.59 Å². The first kappa shape index (κ1) is 17.8. The van der Waals surface area contributed by atoms with Crippen LogP contribution in [0.5, 0.6) is 0 Å². The van der Waals surface area contributed by atoms with Gasteiger partial charge in [0, 0.05) is 12.2 Å². The molecule has 4 nitrogen and oxygen atoms in total. The number of esters is 2. The van der Waals surface area contributed by atoms with E-state index in [4.69, 9.17) is 9.47 Å². The molecule has 3 aliphatic carbocycles. The summed E-state index contributed by atoms with van der Waals surface area (Å²) in [6.45, 7) is 7.43. The van der Waals surface area contributed by atoms with Crippen molar-refractivity contribution < 1.29 is 19.1 Å². The Labute approximate surface area is 138 Å². The third-order valence-electron chi connectivity index (χ3n) is 5.24. The smallest absolute Gasteiger partial charge is 0.331 e. The average Bonchev–Trinajstić information content (AvgIpc) is 2.55. The molecule has 2 atom stereocenters. The minimum absolute atomic E-state index is 0.331. The number of hydrogen-bond donors (Lipinski definition) is 0. The fourth-order valence-corrected chi connectivity index (χ4v) is 3.38. The maximum atomic E-state index is 11.6. The van der Waals surface area contributed by atoms with Crippen molar-refractivity contribution in [3.8, 4) is 0 Å². The van der Waals surface area contributed by atoms with Crippen LogP contribution in [-0.4, -0.2) is 25.2 Å². The number of fused-ring (bicyclic) bond motifs is 1. The predicted molar refractivity (Wildman–Crippen MR) is 88.7 cm³/mol. The predicted octanol–water partition coefficient (Wildman–Crippen LogP) is 3.81. The van der Waals surface area contributed by atoms with Gasteiger partial charge in [-0.15, -0.1) is 0 Å². The van der Waals surface area contributed by atoms with Crippen molar-refractivity contribution in [3.63, 3.8) is 0 Å². The molecule has 0 N–H and O–H groups in total. The van der Waals surface area contributed by atoms with Crippen LogP contribution < -0.4 is 0 Å². The van der Waals surface area contributed by atoms with Gasteiger partial charge in [0.05, 0.1) is 6.61 Å². The number of carbonyl (C=O) groups is 2. The number of hydrogen-bond acceptors (Lipinski definition) is 4. The first-order valence-corrected chi connectivity index (χ1v) is 8.64. The molecule has 0 radical (unpaired) electrons. The van der Waals surface area contributed by atoms with Crippen molar-refractivity contribution in [2.24, 2.45) is 17.3 Å². The summed E-state index contributed by atoms with van der Waals surface area (Å²) in [5, 5.41) is 0. The lowest BCUT2D eigenvalue weighted by molar-refractivity contribution is -0.140. The summed E-state index contributed by atoms with van der Waals surface area (Å²) >= 11 is 0. The zero-order chi connectivity index (χ0) is 16.9. The summed E-state index contributed by atoms with van der Waals surface area (Å²) in [4.78, 5) is 23.1. The number of allylic oxidation sites excluding steroid dienone is 1. The van der Waals surface area contributed by atoms with E-state index < -0.39 is 11.9 Å². The molecule has 1 saturated carbocycles. The topological polar surface area (TPSA) is 52.6 Å². The second-order valence-electron chi connectivity index (χ2n) is 7.21. The lowest BCUT2D eigenvalue weighted by Crippen LogP contribution is -2.47. The summed E-state index contributed by atoms with van der Waals surface area (Å²) in [6.07, 6.45) is 9.79. The Morgan fingerprint density at radius 3 is 2.48 bits per heavy atom. The van der Waals surface area contributed by atoms with Gasteiger partial charge in [0.25, 0.3) is 0 Å². The normalized spacial score (nSPS) is 24.7. The van der Waals surface area contributed by atoms with Crippen LogP contribution in [0.4, 0.5) is 0 Å². The molecule has 2 unspecified atom stereocenters. The van der Waals surface area contributed by atoms with E-state index in [1.807, 2.05) is 0 Å². The van der Waals surface area contributed by atoms with Crippen LogP contribution in [0.25, 0.3) is 0 Å². The van der Waals surface area contributed by atoms with Gasteiger partial charge in [-0.2, -0.15) is 0 Å². The molecule has 1 fully saturated rings. The SMILES string of the molecule is CCCCCOC(=O)/C=C/C(=O)OCC1=CC2CC(C1)C2(C)C. The zero-order valence-corrected chi connectivity index (χ0v) is 14.5. The van der Waals surface area contributed by atoms with E-state index in [1.54, 1.807) is 0 Å². The van der Waals surface area contributed by atoms with Crippen LogP contribution in [0, 0.1) is 17.3 Å². The Hall–Kier alpha value is -1.58. The molecule has 0 aliphatic heterocycles. The van der Waals surface area contributed by atoms with Gasteiger partial charge in [-0.25, -0.2) is 9.59 Å². The molecule has 0 aromatic heterocycles. The minimum atomic E-state index is -0.491. The van der Waals surface area contributed by atoms with Gasteiger partial charge in [0.1, 0.15) is 6.61 Å². The average molecular weight is 320 g/mol. The van der Waals surface area contributed by atoms with Crippen LogP contribution >= 0.6 is 0 Å². The van der Waals surface area contributed by atoms with Gasteiger partial charge in [-0.3, -0.25) is 0 Å². The molecule has 0 spiro atoms. The standard InChI is InChI=1S/C19H28O4/c1-4-5-6-9-22-17(20)7-8-18(21)23-13-14-10-15-12-16(11-14)19(15,2)3/h7-8,10,15-16H,4-6,9,11-13H2,1-3H3/b8-7+. The number of unbranched alkanes of at least 4 members (excludes halogenated alkanes) is 2. The van der Waals surface area contributed by atoms with Gasteiger partial charge < -0.3 is 9.47 Å². The molecule has 4 heteroatoms. The van der Waals surface area contributed by atoms with E-state index in [0.717, 1.165) is 37.8 Å². The van der Waals surface area contributed by atoms with Crippen molar-refractivity contribution in [1.29, 1.82) is 0 Å². The number of carbonyl (C=O) groups excluding carboxylic acids is 2. The first-order chi connectivity index (χ1) is 10.9. The van der Waals surface area contributed by atoms with E-state index >= 15 is 0 Å². The highest BCUT2D eigenvalue weighted by molar-refractivity contribution is 5.91. The van der Waals surface area contributed by atoms with E-state index in [0.29, 0.717) is 30.5 Å². The Balaban J connectivity index is 1.66. The molecule has 0 saturated heterocycles. The van der Waals surface area contributed by atoms with Crippen molar-refractivity contribution >= 4 is 11.9 Å². The lowest BCUT2D eigenvalue weighted by atomic mass is 9.50. The highest BCUT2D eigenvalue weighted by atomic mass is 16.5. The Morgan fingerprint density at radius 2 is 1.91 bits per heavy atom. The molecule has 128 valence electrons.